The van der Waals surface area contributed by atoms with Crippen LogP contribution in [0.3, 0.4) is 0 Å². The molecule has 19 heavy (non-hydrogen) atoms. The van der Waals surface area contributed by atoms with Gasteiger partial charge >= 0.3 is 0 Å². The van der Waals surface area contributed by atoms with E-state index in [0.29, 0.717) is 25.4 Å². The Morgan fingerprint density at radius 1 is 1.58 bits per heavy atom. The fourth-order valence-electron chi connectivity index (χ4n) is 2.72. The van der Waals surface area contributed by atoms with E-state index in [1.807, 2.05) is 16.9 Å². The van der Waals surface area contributed by atoms with Crippen LogP contribution in [0, 0.1) is 5.41 Å². The molecule has 0 radical (unpaired) electrons. The maximum absolute atomic E-state index is 12.1. The number of rotatable bonds is 7. The van der Waals surface area contributed by atoms with E-state index in [4.69, 9.17) is 5.73 Å². The molecule has 1 aromatic heterocycles. The van der Waals surface area contributed by atoms with Crippen LogP contribution in [-0.4, -0.2) is 22.1 Å². The van der Waals surface area contributed by atoms with Crippen LogP contribution in [0.15, 0.2) is 12.3 Å². The number of carbonyl (C=O) groups excluding carboxylic acids is 1. The van der Waals surface area contributed by atoms with Crippen LogP contribution in [0.4, 0.5) is 0 Å². The van der Waals surface area contributed by atoms with E-state index in [2.05, 4.69) is 18.9 Å². The van der Waals surface area contributed by atoms with Crippen LogP contribution >= 0.6 is 0 Å². The van der Waals surface area contributed by atoms with Crippen LogP contribution < -0.4 is 5.73 Å². The van der Waals surface area contributed by atoms with Crippen molar-refractivity contribution in [3.63, 3.8) is 0 Å². The fraction of sp³-hybridized carbons (Fsp3) is 0.733. The summed E-state index contributed by atoms with van der Waals surface area (Å²) in [6.07, 6.45) is 7.52. The van der Waals surface area contributed by atoms with E-state index in [1.165, 1.54) is 6.42 Å². The first-order valence-corrected chi connectivity index (χ1v) is 7.34. The lowest BCUT2D eigenvalue weighted by molar-refractivity contribution is -0.122. The second-order valence-electron chi connectivity index (χ2n) is 5.99. The van der Waals surface area contributed by atoms with Crippen LogP contribution in [0.2, 0.25) is 0 Å². The highest BCUT2D eigenvalue weighted by Crippen LogP contribution is 2.43. The summed E-state index contributed by atoms with van der Waals surface area (Å²) in [5, 5.41) is 4.49. The van der Waals surface area contributed by atoms with Gasteiger partial charge in [0, 0.05) is 18.7 Å². The van der Waals surface area contributed by atoms with E-state index >= 15 is 0 Å². The Kier molecular flexibility index (Phi) is 4.40. The van der Waals surface area contributed by atoms with Gasteiger partial charge in [0.2, 0.25) is 0 Å². The Morgan fingerprint density at radius 3 is 2.84 bits per heavy atom. The van der Waals surface area contributed by atoms with E-state index in [-0.39, 0.29) is 11.2 Å². The van der Waals surface area contributed by atoms with Crippen molar-refractivity contribution in [2.45, 2.75) is 58.4 Å². The molecule has 0 aliphatic heterocycles. The maximum Gasteiger partial charge on any atom is 0.139 e. The summed E-state index contributed by atoms with van der Waals surface area (Å²) in [5.74, 6) is 0.277. The van der Waals surface area contributed by atoms with E-state index in [9.17, 15) is 4.79 Å². The molecule has 1 aromatic rings. The molecule has 0 bridgehead atoms. The van der Waals surface area contributed by atoms with Crippen molar-refractivity contribution in [2.75, 3.05) is 6.54 Å². The average Bonchev–Trinajstić information content (AvgIpc) is 2.81. The SMILES string of the molecule is CCC(C)n1ccc(CC(=O)CC2(CN)CCC2)n1. The van der Waals surface area contributed by atoms with Gasteiger partial charge in [-0.3, -0.25) is 9.48 Å². The van der Waals surface area contributed by atoms with E-state index in [1.54, 1.807) is 0 Å². The summed E-state index contributed by atoms with van der Waals surface area (Å²) in [5.41, 5.74) is 6.79. The van der Waals surface area contributed by atoms with Crippen molar-refractivity contribution in [3.8, 4) is 0 Å². The van der Waals surface area contributed by atoms with Gasteiger partial charge in [-0.25, -0.2) is 0 Å². The number of Topliss-reactive ketones (excluding diaryl/α,β-unsaturated/α-hetero) is 1. The molecule has 4 heteroatoms. The highest BCUT2D eigenvalue weighted by molar-refractivity contribution is 5.81. The molecule has 1 unspecified atom stereocenters. The van der Waals surface area contributed by atoms with Gasteiger partial charge in [-0.2, -0.15) is 5.10 Å². The van der Waals surface area contributed by atoms with Crippen LogP contribution in [0.25, 0.3) is 0 Å². The van der Waals surface area contributed by atoms with Crippen LogP contribution in [0.1, 0.15) is 57.7 Å². The number of nitrogens with two attached hydrogens (primary N) is 1. The van der Waals surface area contributed by atoms with Gasteiger partial charge < -0.3 is 5.73 Å². The van der Waals surface area contributed by atoms with Gasteiger partial charge in [-0.15, -0.1) is 0 Å². The molecule has 1 fully saturated rings. The minimum atomic E-state index is 0.107. The Balaban J connectivity index is 1.90. The van der Waals surface area contributed by atoms with Gasteiger partial charge in [0.15, 0.2) is 0 Å². The van der Waals surface area contributed by atoms with Crippen molar-refractivity contribution in [1.29, 1.82) is 0 Å². The molecule has 1 atom stereocenters. The molecule has 1 aliphatic rings. The minimum Gasteiger partial charge on any atom is -0.330 e. The van der Waals surface area contributed by atoms with Crippen LogP contribution in [-0.2, 0) is 11.2 Å². The summed E-state index contributed by atoms with van der Waals surface area (Å²) >= 11 is 0. The molecular weight excluding hydrogens is 238 g/mol. The van der Waals surface area contributed by atoms with Crippen molar-refractivity contribution < 1.29 is 4.79 Å². The standard InChI is InChI=1S/C15H25N3O/c1-3-12(2)18-8-5-13(17-18)9-14(19)10-15(11-16)6-4-7-15/h5,8,12H,3-4,6-7,9-11,16H2,1-2H3. The quantitative estimate of drug-likeness (QED) is 0.822. The maximum atomic E-state index is 12.1. The average molecular weight is 263 g/mol. The lowest BCUT2D eigenvalue weighted by Crippen LogP contribution is -2.39. The van der Waals surface area contributed by atoms with Crippen molar-refractivity contribution in [2.24, 2.45) is 11.1 Å². The first-order chi connectivity index (χ1) is 9.08. The van der Waals surface area contributed by atoms with Gasteiger partial charge in [0.05, 0.1) is 12.1 Å². The summed E-state index contributed by atoms with van der Waals surface area (Å²) in [6, 6.07) is 2.35. The largest absolute Gasteiger partial charge is 0.330 e. The predicted octanol–water partition coefficient (Wildman–Crippen LogP) is 2.48. The zero-order chi connectivity index (χ0) is 13.9. The fourth-order valence-corrected chi connectivity index (χ4v) is 2.72. The Labute approximate surface area is 115 Å². The van der Waals surface area contributed by atoms with Crippen molar-refractivity contribution in [3.05, 3.63) is 18.0 Å². The second-order valence-corrected chi connectivity index (χ2v) is 5.99. The van der Waals surface area contributed by atoms with Gasteiger partial charge in [-0.1, -0.05) is 13.3 Å². The number of aromatic nitrogens is 2. The first-order valence-electron chi connectivity index (χ1n) is 7.34. The first kappa shape index (κ1) is 14.3. The third-order valence-corrected chi connectivity index (χ3v) is 4.50. The van der Waals surface area contributed by atoms with Gasteiger partial charge in [0.1, 0.15) is 5.78 Å². The zero-order valence-corrected chi connectivity index (χ0v) is 12.1. The smallest absolute Gasteiger partial charge is 0.139 e. The van der Waals surface area contributed by atoms with Crippen LogP contribution in [0.5, 0.6) is 0 Å². The predicted molar refractivity (Wildman–Crippen MR) is 75.9 cm³/mol. The topological polar surface area (TPSA) is 60.9 Å². The number of hydrogen-bond donors (Lipinski definition) is 1. The molecule has 106 valence electrons. The van der Waals surface area contributed by atoms with E-state index < -0.39 is 0 Å². The molecule has 0 saturated heterocycles. The molecule has 1 saturated carbocycles. The third kappa shape index (κ3) is 3.24. The summed E-state index contributed by atoms with van der Waals surface area (Å²) < 4.78 is 1.95. The number of nitrogens with zero attached hydrogens (tertiary/aromatic N) is 2. The summed E-state index contributed by atoms with van der Waals surface area (Å²) in [6.45, 7) is 4.91. The van der Waals surface area contributed by atoms with E-state index in [0.717, 1.165) is 25.0 Å². The Hall–Kier alpha value is -1.16. The summed E-state index contributed by atoms with van der Waals surface area (Å²) in [7, 11) is 0. The molecule has 1 heterocycles. The molecule has 0 amide bonds. The number of hydrogen-bond acceptors (Lipinski definition) is 3. The second kappa shape index (κ2) is 5.87. The van der Waals surface area contributed by atoms with Gasteiger partial charge in [-0.05, 0) is 44.2 Å². The molecule has 2 rings (SSSR count). The van der Waals surface area contributed by atoms with Crippen molar-refractivity contribution >= 4 is 5.78 Å². The zero-order valence-electron chi connectivity index (χ0n) is 12.1. The molecule has 1 aliphatic carbocycles. The number of ketones is 1. The number of carbonyl (C=O) groups is 1. The van der Waals surface area contributed by atoms with Gasteiger partial charge in [0.25, 0.3) is 0 Å². The highest BCUT2D eigenvalue weighted by atomic mass is 16.1. The van der Waals surface area contributed by atoms with Crippen molar-refractivity contribution in [1.82, 2.24) is 9.78 Å². The lowest BCUT2D eigenvalue weighted by Gasteiger charge is -2.40. The minimum absolute atomic E-state index is 0.107. The molecule has 2 N–H and O–H groups in total. The Bertz CT molecular complexity index is 429. The Morgan fingerprint density at radius 2 is 2.32 bits per heavy atom. The monoisotopic (exact) mass is 263 g/mol. The third-order valence-electron chi connectivity index (χ3n) is 4.50. The summed E-state index contributed by atoms with van der Waals surface area (Å²) in [4.78, 5) is 12.1. The molecule has 0 spiro atoms. The molecule has 0 aromatic carbocycles. The lowest BCUT2D eigenvalue weighted by atomic mass is 9.66. The highest BCUT2D eigenvalue weighted by Gasteiger charge is 2.37. The molecular formula is C15H25N3O. The normalized spacial score (nSPS) is 18.9. The molecule has 4 nitrogen and oxygen atoms in total.